The van der Waals surface area contributed by atoms with Crippen molar-refractivity contribution >= 4 is 34.3 Å². The second-order valence-corrected chi connectivity index (χ2v) is 3.54. The summed E-state index contributed by atoms with van der Waals surface area (Å²) < 4.78 is 5.23. The van der Waals surface area contributed by atoms with Crippen molar-refractivity contribution < 1.29 is 14.3 Å². The summed E-state index contributed by atoms with van der Waals surface area (Å²) in [7, 11) is 0. The van der Waals surface area contributed by atoms with Gasteiger partial charge in [-0.25, -0.2) is 0 Å². The number of hydrogen-bond donors (Lipinski definition) is 0. The Morgan fingerprint density at radius 3 is 2.54 bits per heavy atom. The molecule has 0 heterocycles. The Balaban J connectivity index is 3.35. The van der Waals surface area contributed by atoms with Gasteiger partial charge in [0.25, 0.3) is 0 Å². The van der Waals surface area contributed by atoms with Gasteiger partial charge in [-0.05, 0) is 6.42 Å². The Kier molecular flexibility index (Phi) is 8.38. The summed E-state index contributed by atoms with van der Waals surface area (Å²) in [6.45, 7) is 2.53. The monoisotopic (exact) mass is 298 g/mol. The molecule has 0 bridgehead atoms. The molecule has 0 aromatic rings. The lowest BCUT2D eigenvalue weighted by atomic mass is 10.3. The molecule has 0 aromatic carbocycles. The second-order valence-electron chi connectivity index (χ2n) is 2.78. The maximum atomic E-state index is 10.9. The number of esters is 1. The normalized spacial score (nSPS) is 9.69. The van der Waals surface area contributed by atoms with Gasteiger partial charge < -0.3 is 4.74 Å². The van der Waals surface area contributed by atoms with Crippen molar-refractivity contribution in [2.45, 2.75) is 32.6 Å². The van der Waals surface area contributed by atoms with E-state index in [1.54, 1.807) is 0 Å². The van der Waals surface area contributed by atoms with Crippen LogP contribution in [0.1, 0.15) is 32.6 Å². The highest BCUT2D eigenvalue weighted by atomic mass is 127. The average Bonchev–Trinajstić information content (AvgIpc) is 2.12. The van der Waals surface area contributed by atoms with Crippen LogP contribution in [0.2, 0.25) is 0 Å². The number of ether oxygens (including phenoxy) is 1. The fraction of sp³-hybridized carbons (Fsp3) is 0.778. The van der Waals surface area contributed by atoms with Crippen LogP contribution in [0.5, 0.6) is 0 Å². The lowest BCUT2D eigenvalue weighted by Gasteiger charge is -2.02. The van der Waals surface area contributed by atoms with Gasteiger partial charge in [0.05, 0.1) is 11.0 Å². The van der Waals surface area contributed by atoms with Crippen molar-refractivity contribution in [1.82, 2.24) is 0 Å². The Morgan fingerprint density at radius 1 is 1.31 bits per heavy atom. The van der Waals surface area contributed by atoms with E-state index in [9.17, 15) is 9.59 Å². The summed E-state index contributed by atoms with van der Waals surface area (Å²) in [4.78, 5) is 21.7. The summed E-state index contributed by atoms with van der Waals surface area (Å²) in [6, 6.07) is 0. The Morgan fingerprint density at radius 2 is 2.00 bits per heavy atom. The van der Waals surface area contributed by atoms with Gasteiger partial charge in [0.2, 0.25) is 0 Å². The van der Waals surface area contributed by atoms with Gasteiger partial charge in [-0.1, -0.05) is 42.4 Å². The van der Waals surface area contributed by atoms with Crippen LogP contribution >= 0.6 is 22.6 Å². The smallest absolute Gasteiger partial charge is 0.313 e. The molecule has 0 radical (unpaired) electrons. The summed E-state index contributed by atoms with van der Waals surface area (Å²) in [5.74, 6) is -0.459. The van der Waals surface area contributed by atoms with Gasteiger partial charge in [0, 0.05) is 0 Å². The molecule has 0 N–H and O–H groups in total. The third-order valence-corrected chi connectivity index (χ3v) is 2.35. The molecule has 0 unspecified atom stereocenters. The van der Waals surface area contributed by atoms with E-state index in [1.807, 2.05) is 22.6 Å². The molecule has 0 aromatic heterocycles. The zero-order valence-corrected chi connectivity index (χ0v) is 10.0. The quantitative estimate of drug-likeness (QED) is 0.238. The maximum absolute atomic E-state index is 10.9. The second kappa shape index (κ2) is 8.47. The number of alkyl halides is 1. The van der Waals surface area contributed by atoms with E-state index in [0.29, 0.717) is 11.0 Å². The third kappa shape index (κ3) is 8.21. The number of Topliss-reactive ketones (excluding diaryl/α,β-unsaturated/α-hetero) is 1. The first-order valence-corrected chi connectivity index (χ1v) is 5.96. The van der Waals surface area contributed by atoms with E-state index < -0.39 is 5.97 Å². The first-order valence-electron chi connectivity index (χ1n) is 4.44. The van der Waals surface area contributed by atoms with Gasteiger partial charge in [0.1, 0.15) is 6.42 Å². The molecule has 0 saturated heterocycles. The van der Waals surface area contributed by atoms with E-state index in [2.05, 4.69) is 6.92 Å². The van der Waals surface area contributed by atoms with Crippen LogP contribution in [0.15, 0.2) is 0 Å². The van der Waals surface area contributed by atoms with Crippen LogP contribution in [0, 0.1) is 0 Å². The van der Waals surface area contributed by atoms with Gasteiger partial charge in [-0.3, -0.25) is 9.59 Å². The average molecular weight is 298 g/mol. The van der Waals surface area contributed by atoms with Crippen molar-refractivity contribution in [3.63, 3.8) is 0 Å². The summed E-state index contributed by atoms with van der Waals surface area (Å²) in [5, 5.41) is 0. The van der Waals surface area contributed by atoms with Crippen molar-refractivity contribution in [2.75, 3.05) is 11.0 Å². The highest BCUT2D eigenvalue weighted by Gasteiger charge is 2.08. The Bertz CT molecular complexity index is 168. The number of rotatable bonds is 7. The van der Waals surface area contributed by atoms with E-state index >= 15 is 0 Å². The molecule has 4 heteroatoms. The molecule has 0 aliphatic heterocycles. The Hall–Kier alpha value is -0.130. The predicted octanol–water partition coefficient (Wildman–Crippen LogP) is 2.11. The molecule has 3 nitrogen and oxygen atoms in total. The molecular weight excluding hydrogens is 283 g/mol. The number of carbonyl (C=O) groups excluding carboxylic acids is 2. The molecule has 0 amide bonds. The number of carbonyl (C=O) groups is 2. The minimum atomic E-state index is -0.391. The fourth-order valence-corrected chi connectivity index (χ4v) is 1.07. The lowest BCUT2D eigenvalue weighted by Crippen LogP contribution is -2.12. The summed E-state index contributed by atoms with van der Waals surface area (Å²) >= 11 is 1.94. The van der Waals surface area contributed by atoms with Crippen molar-refractivity contribution in [1.29, 1.82) is 0 Å². The number of ketones is 1. The minimum absolute atomic E-state index is 0.0684. The molecular formula is C9H15IO3. The molecule has 0 saturated carbocycles. The maximum Gasteiger partial charge on any atom is 0.313 e. The van der Waals surface area contributed by atoms with Crippen molar-refractivity contribution in [2.24, 2.45) is 0 Å². The number of halogens is 1. The zero-order chi connectivity index (χ0) is 10.1. The largest absolute Gasteiger partial charge is 0.465 e. The molecule has 0 rings (SSSR count). The van der Waals surface area contributed by atoms with E-state index in [0.717, 1.165) is 19.3 Å². The van der Waals surface area contributed by atoms with Crippen LogP contribution in [-0.4, -0.2) is 22.8 Å². The lowest BCUT2D eigenvalue weighted by molar-refractivity contribution is -0.145. The standard InChI is InChI=1S/C9H15IO3/c1-2-3-4-5-13-9(12)6-8(11)7-10/h2-7H2,1H3. The van der Waals surface area contributed by atoms with E-state index in [1.165, 1.54) is 0 Å². The van der Waals surface area contributed by atoms with Crippen LogP contribution in [-0.2, 0) is 14.3 Å². The third-order valence-electron chi connectivity index (χ3n) is 1.50. The molecule has 13 heavy (non-hydrogen) atoms. The first-order chi connectivity index (χ1) is 6.20. The minimum Gasteiger partial charge on any atom is -0.465 e. The van der Waals surface area contributed by atoms with E-state index in [-0.39, 0.29) is 12.2 Å². The molecule has 0 fully saturated rings. The Labute approximate surface area is 92.4 Å². The van der Waals surface area contributed by atoms with Gasteiger partial charge in [-0.15, -0.1) is 0 Å². The zero-order valence-electron chi connectivity index (χ0n) is 7.85. The van der Waals surface area contributed by atoms with Crippen molar-refractivity contribution in [3.05, 3.63) is 0 Å². The first kappa shape index (κ1) is 12.9. The van der Waals surface area contributed by atoms with Crippen LogP contribution in [0.3, 0.4) is 0 Å². The van der Waals surface area contributed by atoms with Crippen LogP contribution in [0.4, 0.5) is 0 Å². The van der Waals surface area contributed by atoms with Gasteiger partial charge in [0.15, 0.2) is 5.78 Å². The highest BCUT2D eigenvalue weighted by Crippen LogP contribution is 1.97. The molecule has 0 spiro atoms. The fourth-order valence-electron chi connectivity index (χ4n) is 0.797. The summed E-state index contributed by atoms with van der Waals surface area (Å²) in [5.41, 5.74) is 0. The van der Waals surface area contributed by atoms with E-state index in [4.69, 9.17) is 4.74 Å². The topological polar surface area (TPSA) is 43.4 Å². The highest BCUT2D eigenvalue weighted by molar-refractivity contribution is 14.1. The molecule has 0 aliphatic carbocycles. The molecule has 76 valence electrons. The molecule has 0 aliphatic rings. The van der Waals surface area contributed by atoms with Gasteiger partial charge in [-0.2, -0.15) is 0 Å². The molecule has 0 atom stereocenters. The predicted molar refractivity (Wildman–Crippen MR) is 59.0 cm³/mol. The number of unbranched alkanes of at least 4 members (excludes halogenated alkanes) is 2. The van der Waals surface area contributed by atoms with Crippen LogP contribution in [0.25, 0.3) is 0 Å². The van der Waals surface area contributed by atoms with Gasteiger partial charge >= 0.3 is 5.97 Å². The SMILES string of the molecule is CCCCCOC(=O)CC(=O)CI. The number of hydrogen-bond acceptors (Lipinski definition) is 3. The summed E-state index contributed by atoms with van der Waals surface area (Å²) in [6.07, 6.45) is 2.98. The van der Waals surface area contributed by atoms with Crippen molar-refractivity contribution in [3.8, 4) is 0 Å². The van der Waals surface area contributed by atoms with Crippen LogP contribution < -0.4 is 0 Å².